The third kappa shape index (κ3) is 7.51. The Morgan fingerprint density at radius 2 is 1.45 bits per heavy atom. The zero-order valence-corrected chi connectivity index (χ0v) is 32.6. The smallest absolute Gasteiger partial charge is 0.357 e. The number of aromatic nitrogens is 2. The van der Waals surface area contributed by atoms with E-state index in [1.807, 2.05) is 97.9 Å². The van der Waals surface area contributed by atoms with Crippen molar-refractivity contribution in [2.45, 2.75) is 44.0 Å². The molecule has 11 heteroatoms. The molecule has 8 rings (SSSR count). The molecule has 58 heavy (non-hydrogen) atoms. The van der Waals surface area contributed by atoms with Gasteiger partial charge in [0.15, 0.2) is 5.69 Å². The van der Waals surface area contributed by atoms with Crippen molar-refractivity contribution in [2.75, 3.05) is 6.54 Å². The summed E-state index contributed by atoms with van der Waals surface area (Å²) in [7, 11) is -4.32. The molecule has 0 saturated carbocycles. The summed E-state index contributed by atoms with van der Waals surface area (Å²) in [4.78, 5) is 43.3. The number of carboxylic acids is 1. The fourth-order valence-corrected chi connectivity index (χ4v) is 8.60. The lowest BCUT2D eigenvalue weighted by Crippen LogP contribution is -2.36. The van der Waals surface area contributed by atoms with Crippen LogP contribution in [-0.2, 0) is 29.4 Å². The lowest BCUT2D eigenvalue weighted by Gasteiger charge is -2.29. The molecule has 0 atom stereocenters. The van der Waals surface area contributed by atoms with Crippen molar-refractivity contribution in [2.24, 2.45) is 0 Å². The Labute approximate surface area is 336 Å². The van der Waals surface area contributed by atoms with Crippen LogP contribution in [0.5, 0.6) is 0 Å². The predicted molar refractivity (Wildman–Crippen MR) is 223 cm³/mol. The zero-order valence-electron chi connectivity index (χ0n) is 31.8. The number of hydrogen-bond donors (Lipinski definition) is 2. The highest BCUT2D eigenvalue weighted by molar-refractivity contribution is 7.90. The number of rotatable bonds is 11. The molecule has 6 aromatic carbocycles. The maximum absolute atomic E-state index is 14.8. The molecule has 10 nitrogen and oxygen atoms in total. The highest BCUT2D eigenvalue weighted by Gasteiger charge is 2.31. The summed E-state index contributed by atoms with van der Waals surface area (Å²) in [6.07, 6.45) is 2.58. The quantitative estimate of drug-likeness (QED) is 0.134. The van der Waals surface area contributed by atoms with Gasteiger partial charge in [-0.3, -0.25) is 9.59 Å². The van der Waals surface area contributed by atoms with Gasteiger partial charge in [0.25, 0.3) is 21.8 Å². The molecule has 0 bridgehead atoms. The van der Waals surface area contributed by atoms with E-state index in [-0.39, 0.29) is 32.8 Å². The Balaban J connectivity index is 1.24. The Bertz CT molecular complexity index is 2820. The van der Waals surface area contributed by atoms with Crippen molar-refractivity contribution in [3.63, 3.8) is 0 Å². The Kier molecular flexibility index (Phi) is 10.5. The minimum atomic E-state index is -4.32. The maximum Gasteiger partial charge on any atom is 0.357 e. The lowest BCUT2D eigenvalue weighted by atomic mass is 9.92. The van der Waals surface area contributed by atoms with Gasteiger partial charge in [0.2, 0.25) is 0 Å². The fourth-order valence-electron chi connectivity index (χ4n) is 7.59. The van der Waals surface area contributed by atoms with E-state index < -0.39 is 27.8 Å². The van der Waals surface area contributed by atoms with Gasteiger partial charge in [-0.25, -0.2) is 22.6 Å². The molecule has 0 aliphatic carbocycles. The summed E-state index contributed by atoms with van der Waals surface area (Å²) >= 11 is 0. The average Bonchev–Trinajstić information content (AvgIpc) is 3.64. The van der Waals surface area contributed by atoms with Gasteiger partial charge in [-0.05, 0) is 94.3 Å². The maximum atomic E-state index is 14.8. The summed E-state index contributed by atoms with van der Waals surface area (Å²) in [6, 6.07) is 41.7. The number of carbonyl (C=O) groups excluding carboxylic acids is 2. The van der Waals surface area contributed by atoms with Gasteiger partial charge >= 0.3 is 5.97 Å². The van der Waals surface area contributed by atoms with Crippen LogP contribution < -0.4 is 4.72 Å². The van der Waals surface area contributed by atoms with Crippen molar-refractivity contribution in [1.29, 1.82) is 0 Å². The number of unbranched alkanes of at least 4 members (excludes halogenated alkanes) is 1. The molecule has 290 valence electrons. The summed E-state index contributed by atoms with van der Waals surface area (Å²) in [5.74, 6) is -2.63. The normalized spacial score (nSPS) is 12.6. The molecule has 0 radical (unpaired) electrons. The van der Waals surface area contributed by atoms with Gasteiger partial charge in [-0.2, -0.15) is 5.10 Å². The molecular formula is C47H40N4O6S. The van der Waals surface area contributed by atoms with Crippen LogP contribution in [0.3, 0.4) is 0 Å². The van der Waals surface area contributed by atoms with E-state index >= 15 is 0 Å². The molecule has 2 N–H and O–H groups in total. The first-order valence-corrected chi connectivity index (χ1v) is 20.7. The van der Waals surface area contributed by atoms with Crippen LogP contribution in [0.15, 0.2) is 144 Å². The molecule has 0 spiro atoms. The van der Waals surface area contributed by atoms with E-state index in [1.54, 1.807) is 27.8 Å². The van der Waals surface area contributed by atoms with Crippen molar-refractivity contribution in [3.05, 3.63) is 173 Å². The molecule has 1 aliphatic heterocycles. The number of benzene rings is 6. The first-order chi connectivity index (χ1) is 28.1. The Morgan fingerprint density at radius 3 is 2.19 bits per heavy atom. The van der Waals surface area contributed by atoms with Crippen molar-refractivity contribution < 1.29 is 27.9 Å². The SMILES string of the molecule is CCCCc1c(-c2ccc(C(=O)NS(=O)(=O)c3ccc4ccccc4c3)cc2C(=O)N2CCc3ccccc3C2)c(C(=O)O)nn1-c1ccc(-c2ccccc2)cc1. The van der Waals surface area contributed by atoms with Crippen LogP contribution in [0.1, 0.15) is 67.8 Å². The van der Waals surface area contributed by atoms with E-state index in [0.29, 0.717) is 49.1 Å². The summed E-state index contributed by atoms with van der Waals surface area (Å²) in [5, 5.41) is 16.8. The standard InChI is InChI=1S/C47H40N4O6S/c1-2-3-17-42-43(44(47(54)55)48-51(42)38-22-18-34(19-23-38)31-11-5-4-6-12-31)40-25-21-36(29-41(40)46(53)50-27-26-33-14-8-10-16-37(33)30-50)45(52)49-58(56,57)39-24-20-32-13-7-9-15-35(32)28-39/h4-16,18-25,28-29H,2-3,17,26-27,30H2,1H3,(H,49,52)(H,54,55). The second kappa shape index (κ2) is 16.0. The number of nitrogens with one attached hydrogen (secondary N) is 1. The van der Waals surface area contributed by atoms with Crippen LogP contribution in [-0.4, -0.2) is 52.5 Å². The summed E-state index contributed by atoms with van der Waals surface area (Å²) in [5.41, 5.74) is 5.68. The fraction of sp³-hybridized carbons (Fsp3) is 0.149. The number of aromatic carboxylic acids is 1. The number of amides is 2. The molecule has 1 aliphatic rings. The van der Waals surface area contributed by atoms with Crippen LogP contribution in [0, 0.1) is 0 Å². The minimum absolute atomic E-state index is 0.0642. The first kappa shape index (κ1) is 38.0. The molecule has 2 heterocycles. The largest absolute Gasteiger partial charge is 0.476 e. The zero-order chi connectivity index (χ0) is 40.4. The van der Waals surface area contributed by atoms with E-state index in [0.717, 1.165) is 34.1 Å². The first-order valence-electron chi connectivity index (χ1n) is 19.2. The Morgan fingerprint density at radius 1 is 0.759 bits per heavy atom. The van der Waals surface area contributed by atoms with Crippen LogP contribution >= 0.6 is 0 Å². The minimum Gasteiger partial charge on any atom is -0.476 e. The van der Waals surface area contributed by atoms with Gasteiger partial charge in [0, 0.05) is 29.8 Å². The summed E-state index contributed by atoms with van der Waals surface area (Å²) in [6.45, 7) is 2.74. The predicted octanol–water partition coefficient (Wildman–Crippen LogP) is 8.72. The molecule has 0 unspecified atom stereocenters. The lowest BCUT2D eigenvalue weighted by molar-refractivity contribution is 0.0687. The van der Waals surface area contributed by atoms with E-state index in [4.69, 9.17) is 0 Å². The van der Waals surface area contributed by atoms with Crippen LogP contribution in [0.25, 0.3) is 38.7 Å². The monoisotopic (exact) mass is 788 g/mol. The Hall–Kier alpha value is -6.85. The second-order valence-corrected chi connectivity index (χ2v) is 16.0. The van der Waals surface area contributed by atoms with E-state index in [1.165, 1.54) is 30.3 Å². The topological polar surface area (TPSA) is 139 Å². The van der Waals surface area contributed by atoms with Gasteiger partial charge < -0.3 is 10.0 Å². The van der Waals surface area contributed by atoms with Crippen LogP contribution in [0.2, 0.25) is 0 Å². The molecular weight excluding hydrogens is 749 g/mol. The molecule has 2 amide bonds. The number of hydrogen-bond acceptors (Lipinski definition) is 6. The third-order valence-electron chi connectivity index (χ3n) is 10.6. The van der Waals surface area contributed by atoms with Crippen molar-refractivity contribution in [1.82, 2.24) is 19.4 Å². The van der Waals surface area contributed by atoms with Gasteiger partial charge in [-0.1, -0.05) is 116 Å². The molecule has 1 aromatic heterocycles. The van der Waals surface area contributed by atoms with E-state index in [2.05, 4.69) is 9.82 Å². The van der Waals surface area contributed by atoms with Crippen molar-refractivity contribution in [3.8, 4) is 27.9 Å². The number of sulfonamides is 1. The number of carbonyl (C=O) groups is 3. The van der Waals surface area contributed by atoms with Crippen LogP contribution in [0.4, 0.5) is 0 Å². The highest BCUT2D eigenvalue weighted by Crippen LogP contribution is 2.36. The van der Waals surface area contributed by atoms with Gasteiger partial charge in [0.05, 0.1) is 16.3 Å². The van der Waals surface area contributed by atoms with Gasteiger partial charge in [0.1, 0.15) is 0 Å². The van der Waals surface area contributed by atoms with Crippen molar-refractivity contribution >= 4 is 38.6 Å². The second-order valence-electron chi connectivity index (χ2n) is 14.4. The third-order valence-corrected chi connectivity index (χ3v) is 12.0. The summed E-state index contributed by atoms with van der Waals surface area (Å²) < 4.78 is 30.9. The van der Waals surface area contributed by atoms with Gasteiger partial charge in [-0.15, -0.1) is 0 Å². The number of fused-ring (bicyclic) bond motifs is 2. The molecule has 7 aromatic rings. The average molecular weight is 789 g/mol. The van der Waals surface area contributed by atoms with E-state index in [9.17, 15) is 27.9 Å². The number of carboxylic acid groups (broad SMARTS) is 1. The highest BCUT2D eigenvalue weighted by atomic mass is 32.2. The number of nitrogens with zero attached hydrogens (tertiary/aromatic N) is 3. The molecule has 0 saturated heterocycles. The molecule has 0 fully saturated rings.